The van der Waals surface area contributed by atoms with Crippen molar-refractivity contribution in [1.82, 2.24) is 0 Å². The second-order valence-corrected chi connectivity index (χ2v) is 7.27. The molecule has 0 fully saturated rings. The quantitative estimate of drug-likeness (QED) is 0.539. The summed E-state index contributed by atoms with van der Waals surface area (Å²) in [6, 6.07) is 8.57. The fraction of sp³-hybridized carbons (Fsp3) is 0.188. The van der Waals surface area contributed by atoms with Crippen molar-refractivity contribution in [3.63, 3.8) is 0 Å². The van der Waals surface area contributed by atoms with Gasteiger partial charge in [-0.1, -0.05) is 29.3 Å². The molecule has 0 aliphatic heterocycles. The van der Waals surface area contributed by atoms with Crippen molar-refractivity contribution in [3.05, 3.63) is 57.6 Å². The molecule has 0 unspecified atom stereocenters. The topological polar surface area (TPSA) is 78.9 Å². The lowest BCUT2D eigenvalue weighted by Gasteiger charge is -2.12. The van der Waals surface area contributed by atoms with Crippen molar-refractivity contribution >= 4 is 39.3 Å². The van der Waals surface area contributed by atoms with Crippen LogP contribution in [0.1, 0.15) is 15.9 Å². The Bertz CT molecular complexity index is 895. The first-order valence-corrected chi connectivity index (χ1v) is 9.21. The number of benzene rings is 2. The zero-order valence-electron chi connectivity index (χ0n) is 13.3. The van der Waals surface area contributed by atoms with Gasteiger partial charge in [-0.05, 0) is 29.8 Å². The molecule has 9 heteroatoms. The standard InChI is InChI=1S/C16H14Cl2O6S/c1-22-11-4-5-12(16(19)23-2)15(8-11)24-25(20,21)9-10-3-6-13(17)14(18)7-10/h3-8H,9H2,1-2H3. The molecule has 25 heavy (non-hydrogen) atoms. The van der Waals surface area contributed by atoms with E-state index in [-0.39, 0.29) is 16.3 Å². The maximum absolute atomic E-state index is 12.3. The molecule has 134 valence electrons. The Morgan fingerprint density at radius 3 is 2.36 bits per heavy atom. The zero-order chi connectivity index (χ0) is 18.6. The lowest BCUT2D eigenvalue weighted by atomic mass is 10.2. The van der Waals surface area contributed by atoms with Gasteiger partial charge >= 0.3 is 16.1 Å². The number of carbonyl (C=O) groups is 1. The summed E-state index contributed by atoms with van der Waals surface area (Å²) in [5.41, 5.74) is 0.345. The van der Waals surface area contributed by atoms with Gasteiger partial charge in [-0.25, -0.2) is 4.79 Å². The molecule has 2 aromatic rings. The molecule has 0 heterocycles. The van der Waals surface area contributed by atoms with Crippen molar-refractivity contribution in [2.75, 3.05) is 14.2 Å². The molecule has 2 rings (SSSR count). The Morgan fingerprint density at radius 2 is 1.76 bits per heavy atom. The summed E-state index contributed by atoms with van der Waals surface area (Å²) in [5.74, 6) is -1.05. The molecule has 0 aliphatic rings. The van der Waals surface area contributed by atoms with Crippen molar-refractivity contribution < 1.29 is 26.9 Å². The third-order valence-corrected chi connectivity index (χ3v) is 5.00. The molecule has 2 aromatic carbocycles. The van der Waals surface area contributed by atoms with Crippen molar-refractivity contribution in [2.45, 2.75) is 5.75 Å². The second-order valence-electron chi connectivity index (χ2n) is 4.89. The van der Waals surface area contributed by atoms with Gasteiger partial charge in [0.05, 0.1) is 24.3 Å². The maximum Gasteiger partial charge on any atom is 0.341 e. The van der Waals surface area contributed by atoms with Crippen LogP contribution < -0.4 is 8.92 Å². The van der Waals surface area contributed by atoms with Crippen molar-refractivity contribution in [2.24, 2.45) is 0 Å². The van der Waals surface area contributed by atoms with Crippen LogP contribution in [0.15, 0.2) is 36.4 Å². The van der Waals surface area contributed by atoms with Gasteiger partial charge in [-0.2, -0.15) is 8.42 Å². The average molecular weight is 405 g/mol. The first-order chi connectivity index (χ1) is 11.8. The van der Waals surface area contributed by atoms with Crippen LogP contribution in [-0.4, -0.2) is 28.6 Å². The van der Waals surface area contributed by atoms with E-state index in [1.54, 1.807) is 0 Å². The highest BCUT2D eigenvalue weighted by Gasteiger charge is 2.21. The summed E-state index contributed by atoms with van der Waals surface area (Å²) in [7, 11) is -1.49. The minimum absolute atomic E-state index is 0.0407. The lowest BCUT2D eigenvalue weighted by Crippen LogP contribution is -2.15. The van der Waals surface area contributed by atoms with E-state index in [1.807, 2.05) is 0 Å². The molecule has 6 nitrogen and oxygen atoms in total. The van der Waals surface area contributed by atoms with Crippen LogP contribution in [0, 0.1) is 0 Å². The number of esters is 1. The highest BCUT2D eigenvalue weighted by molar-refractivity contribution is 7.86. The maximum atomic E-state index is 12.3. The highest BCUT2D eigenvalue weighted by atomic mass is 35.5. The normalized spacial score (nSPS) is 11.0. The number of hydrogen-bond donors (Lipinski definition) is 0. The van der Waals surface area contributed by atoms with Crippen LogP contribution in [0.5, 0.6) is 11.5 Å². The van der Waals surface area contributed by atoms with E-state index in [0.717, 1.165) is 0 Å². The molecule has 0 N–H and O–H groups in total. The molecule has 0 saturated carbocycles. The van der Waals surface area contributed by atoms with Crippen LogP contribution in [-0.2, 0) is 20.6 Å². The summed E-state index contributed by atoms with van der Waals surface area (Å²) in [6.07, 6.45) is 0. The van der Waals surface area contributed by atoms with Gasteiger partial charge in [0.15, 0.2) is 5.75 Å². The molecule has 0 saturated heterocycles. The number of halogens is 2. The first-order valence-electron chi connectivity index (χ1n) is 6.88. The van der Waals surface area contributed by atoms with Gasteiger partial charge in [0, 0.05) is 6.07 Å². The monoisotopic (exact) mass is 404 g/mol. The molecular weight excluding hydrogens is 391 g/mol. The molecule has 0 aliphatic carbocycles. The van der Waals surface area contributed by atoms with E-state index in [2.05, 4.69) is 4.74 Å². The Hall–Kier alpha value is -1.96. The third-order valence-electron chi connectivity index (χ3n) is 3.14. The van der Waals surface area contributed by atoms with Crippen molar-refractivity contribution in [1.29, 1.82) is 0 Å². The molecule has 0 amide bonds. The SMILES string of the molecule is COC(=O)c1ccc(OC)cc1OS(=O)(=O)Cc1ccc(Cl)c(Cl)c1. The van der Waals surface area contributed by atoms with Gasteiger partial charge in [-0.15, -0.1) is 0 Å². The predicted molar refractivity (Wildman–Crippen MR) is 94.0 cm³/mol. The number of ether oxygens (including phenoxy) is 2. The number of rotatable bonds is 6. The average Bonchev–Trinajstić information content (AvgIpc) is 2.56. The van der Waals surface area contributed by atoms with E-state index >= 15 is 0 Å². The molecule has 0 atom stereocenters. The predicted octanol–water partition coefficient (Wildman–Crippen LogP) is 3.70. The van der Waals surface area contributed by atoms with E-state index in [1.165, 1.54) is 50.6 Å². The zero-order valence-corrected chi connectivity index (χ0v) is 15.6. The molecular formula is C16H14Cl2O6S. The van der Waals surface area contributed by atoms with Gasteiger partial charge in [0.2, 0.25) is 0 Å². The Labute approximate surface area is 155 Å². The van der Waals surface area contributed by atoms with Crippen LogP contribution in [0.3, 0.4) is 0 Å². The Morgan fingerprint density at radius 1 is 1.04 bits per heavy atom. The number of methoxy groups -OCH3 is 2. The van der Waals surface area contributed by atoms with Gasteiger partial charge in [0.25, 0.3) is 0 Å². The lowest BCUT2D eigenvalue weighted by molar-refractivity contribution is 0.0599. The van der Waals surface area contributed by atoms with Gasteiger partial charge < -0.3 is 13.7 Å². The van der Waals surface area contributed by atoms with Crippen molar-refractivity contribution in [3.8, 4) is 11.5 Å². The Balaban J connectivity index is 2.32. The molecule has 0 radical (unpaired) electrons. The third kappa shape index (κ3) is 5.01. The molecule has 0 spiro atoms. The largest absolute Gasteiger partial charge is 0.497 e. The van der Waals surface area contributed by atoms with E-state index in [0.29, 0.717) is 16.3 Å². The first kappa shape index (κ1) is 19.4. The van der Waals surface area contributed by atoms with Crippen LogP contribution in [0.25, 0.3) is 0 Å². The van der Waals surface area contributed by atoms with Gasteiger partial charge in [-0.3, -0.25) is 0 Å². The smallest absolute Gasteiger partial charge is 0.341 e. The van der Waals surface area contributed by atoms with Crippen LogP contribution >= 0.6 is 23.2 Å². The van der Waals surface area contributed by atoms with Crippen LogP contribution in [0.2, 0.25) is 10.0 Å². The summed E-state index contributed by atoms with van der Waals surface area (Å²) < 4.78 is 39.4. The summed E-state index contributed by atoms with van der Waals surface area (Å²) >= 11 is 11.7. The van der Waals surface area contributed by atoms with E-state index < -0.39 is 21.8 Å². The molecule has 0 aromatic heterocycles. The fourth-order valence-corrected chi connectivity index (χ4v) is 3.36. The second kappa shape index (κ2) is 7.95. The summed E-state index contributed by atoms with van der Waals surface area (Å²) in [4.78, 5) is 11.8. The fourth-order valence-electron chi connectivity index (χ4n) is 1.98. The number of hydrogen-bond acceptors (Lipinski definition) is 6. The minimum Gasteiger partial charge on any atom is -0.497 e. The van der Waals surface area contributed by atoms with E-state index in [4.69, 9.17) is 32.1 Å². The summed E-state index contributed by atoms with van der Waals surface area (Å²) in [5, 5.41) is 0.538. The molecule has 0 bridgehead atoms. The van der Waals surface area contributed by atoms with E-state index in [9.17, 15) is 13.2 Å². The Kier molecular flexibility index (Phi) is 6.16. The highest BCUT2D eigenvalue weighted by Crippen LogP contribution is 2.28. The van der Waals surface area contributed by atoms with Gasteiger partial charge in [0.1, 0.15) is 17.1 Å². The van der Waals surface area contributed by atoms with Crippen LogP contribution in [0.4, 0.5) is 0 Å². The minimum atomic E-state index is -4.07. The number of carbonyl (C=O) groups excluding carboxylic acids is 1. The summed E-state index contributed by atoms with van der Waals surface area (Å²) in [6.45, 7) is 0.